The predicted molar refractivity (Wildman–Crippen MR) is 105 cm³/mol. The summed E-state index contributed by atoms with van der Waals surface area (Å²) in [4.78, 5) is 15.1. The van der Waals surface area contributed by atoms with Crippen molar-refractivity contribution < 1.29 is 14.3 Å². The Hall–Kier alpha value is -2.51. The van der Waals surface area contributed by atoms with E-state index in [4.69, 9.17) is 0 Å². The number of fused-ring (bicyclic) bond motifs is 1. The fourth-order valence-corrected chi connectivity index (χ4v) is 4.43. The number of piperazine rings is 1. The Labute approximate surface area is 160 Å². The number of carbonyl (C=O) groups excluding carboxylic acids is 1. The van der Waals surface area contributed by atoms with Crippen LogP contribution in [0.5, 0.6) is 5.75 Å². The molecule has 2 N–H and O–H groups in total. The highest BCUT2D eigenvalue weighted by molar-refractivity contribution is 7.13. The summed E-state index contributed by atoms with van der Waals surface area (Å²) in [7, 11) is 0. The highest BCUT2D eigenvalue weighted by Crippen LogP contribution is 2.33. The summed E-state index contributed by atoms with van der Waals surface area (Å²) in [6.45, 7) is 5.36. The molecule has 27 heavy (non-hydrogen) atoms. The molecule has 0 radical (unpaired) electrons. The molecule has 2 aromatic carbocycles. The zero-order chi connectivity index (χ0) is 19.1. The van der Waals surface area contributed by atoms with Gasteiger partial charge in [-0.25, -0.2) is 4.39 Å². The van der Waals surface area contributed by atoms with Gasteiger partial charge < -0.3 is 15.3 Å². The zero-order valence-electron chi connectivity index (χ0n) is 15.1. The van der Waals surface area contributed by atoms with Gasteiger partial charge in [-0.3, -0.25) is 4.79 Å². The second-order valence-corrected chi connectivity index (χ2v) is 7.91. The van der Waals surface area contributed by atoms with Gasteiger partial charge >= 0.3 is 0 Å². The molecule has 1 aliphatic rings. The smallest absolute Gasteiger partial charge is 0.255 e. The fourth-order valence-electron chi connectivity index (χ4n) is 3.70. The van der Waals surface area contributed by atoms with E-state index in [1.165, 1.54) is 23.7 Å². The van der Waals surface area contributed by atoms with Gasteiger partial charge in [-0.1, -0.05) is 0 Å². The normalized spacial score (nSPS) is 20.2. The second-order valence-electron chi connectivity index (χ2n) is 7.11. The first-order chi connectivity index (χ1) is 12.9. The Morgan fingerprint density at radius 1 is 1.26 bits per heavy atom. The van der Waals surface area contributed by atoms with E-state index < -0.39 is 5.82 Å². The van der Waals surface area contributed by atoms with E-state index in [1.54, 1.807) is 12.3 Å². The van der Waals surface area contributed by atoms with Gasteiger partial charge in [-0.05, 0) is 55.2 Å². The largest absolute Gasteiger partial charge is 0.508 e. The first-order valence-electron chi connectivity index (χ1n) is 8.85. The molecule has 7 heteroatoms. The molecule has 1 aliphatic heterocycles. The SMILES string of the molecule is C[C@H]1CN(C(=O)c2cc(-c3ccc(O)cc3F)cc3cnsc23)C[C@H](C)N1. The number of aromatic nitrogens is 1. The third-order valence-corrected chi connectivity index (χ3v) is 5.64. The van der Waals surface area contributed by atoms with E-state index in [-0.39, 0.29) is 23.7 Å². The molecule has 1 aromatic heterocycles. The Morgan fingerprint density at radius 2 is 2.00 bits per heavy atom. The van der Waals surface area contributed by atoms with Gasteiger partial charge in [0, 0.05) is 48.4 Å². The maximum Gasteiger partial charge on any atom is 0.255 e. The third kappa shape index (κ3) is 3.40. The zero-order valence-corrected chi connectivity index (χ0v) is 15.9. The molecule has 0 spiro atoms. The average Bonchev–Trinajstić information content (AvgIpc) is 3.08. The highest BCUT2D eigenvalue weighted by atomic mass is 32.1. The van der Waals surface area contributed by atoms with Gasteiger partial charge in [0.2, 0.25) is 0 Å². The van der Waals surface area contributed by atoms with Crippen LogP contribution >= 0.6 is 11.5 Å². The number of phenolic OH excluding ortho intramolecular Hbond substituents is 1. The highest BCUT2D eigenvalue weighted by Gasteiger charge is 2.27. The molecule has 0 aliphatic carbocycles. The summed E-state index contributed by atoms with van der Waals surface area (Å²) >= 11 is 1.27. The van der Waals surface area contributed by atoms with Gasteiger partial charge in [0.05, 0.1) is 10.3 Å². The lowest BCUT2D eigenvalue weighted by Crippen LogP contribution is -2.55. The van der Waals surface area contributed by atoms with Gasteiger partial charge in [0.25, 0.3) is 5.91 Å². The molecule has 2 atom stereocenters. The summed E-state index contributed by atoms with van der Waals surface area (Å²) in [5.74, 6) is -0.722. The van der Waals surface area contributed by atoms with Crippen LogP contribution in [0, 0.1) is 5.82 Å². The van der Waals surface area contributed by atoms with E-state index in [2.05, 4.69) is 23.5 Å². The number of aromatic hydroxyl groups is 1. The number of nitrogens with zero attached hydrogens (tertiary/aromatic N) is 2. The summed E-state index contributed by atoms with van der Waals surface area (Å²) in [6.07, 6.45) is 1.70. The lowest BCUT2D eigenvalue weighted by Gasteiger charge is -2.36. The summed E-state index contributed by atoms with van der Waals surface area (Å²) in [5, 5.41) is 13.7. The van der Waals surface area contributed by atoms with E-state index >= 15 is 0 Å². The van der Waals surface area contributed by atoms with E-state index in [9.17, 15) is 14.3 Å². The van der Waals surface area contributed by atoms with Crippen LogP contribution in [0.4, 0.5) is 4.39 Å². The number of amides is 1. The van der Waals surface area contributed by atoms with Gasteiger partial charge in [-0.15, -0.1) is 0 Å². The fraction of sp³-hybridized carbons (Fsp3) is 0.300. The average molecular weight is 385 g/mol. The summed E-state index contributed by atoms with van der Waals surface area (Å²) in [5.41, 5.74) is 1.48. The first kappa shape index (κ1) is 17.9. The lowest BCUT2D eigenvalue weighted by molar-refractivity contribution is 0.0676. The van der Waals surface area contributed by atoms with Crippen molar-refractivity contribution in [1.29, 1.82) is 0 Å². The number of rotatable bonds is 2. The maximum atomic E-state index is 14.4. The molecule has 0 unspecified atom stereocenters. The number of phenols is 1. The van der Waals surface area contributed by atoms with Gasteiger partial charge in [0.15, 0.2) is 0 Å². The predicted octanol–water partition coefficient (Wildman–Crippen LogP) is 3.63. The molecule has 0 bridgehead atoms. The van der Waals surface area contributed by atoms with Crippen LogP contribution in [0.25, 0.3) is 21.2 Å². The number of hydrogen-bond acceptors (Lipinski definition) is 5. The number of benzene rings is 2. The summed E-state index contributed by atoms with van der Waals surface area (Å²) < 4.78 is 19.4. The maximum absolute atomic E-state index is 14.4. The Bertz CT molecular complexity index is 1010. The molecule has 140 valence electrons. The van der Waals surface area contributed by atoms with Crippen molar-refractivity contribution in [2.75, 3.05) is 13.1 Å². The van der Waals surface area contributed by atoms with Crippen LogP contribution in [0.1, 0.15) is 24.2 Å². The first-order valence-corrected chi connectivity index (χ1v) is 9.62. The molecular formula is C20H20FN3O2S. The van der Waals surface area contributed by atoms with Crippen molar-refractivity contribution in [1.82, 2.24) is 14.6 Å². The van der Waals surface area contributed by atoms with Gasteiger partial charge in [-0.2, -0.15) is 4.37 Å². The monoisotopic (exact) mass is 385 g/mol. The molecule has 1 amide bonds. The third-order valence-electron chi connectivity index (χ3n) is 4.79. The lowest BCUT2D eigenvalue weighted by atomic mass is 9.99. The molecule has 5 nitrogen and oxygen atoms in total. The van der Waals surface area contributed by atoms with E-state index in [0.717, 1.165) is 16.2 Å². The molecule has 1 saturated heterocycles. The van der Waals surface area contributed by atoms with Crippen LogP contribution in [0.15, 0.2) is 36.5 Å². The van der Waals surface area contributed by atoms with Crippen LogP contribution in [0.3, 0.4) is 0 Å². The number of carbonyl (C=O) groups is 1. The molecular weight excluding hydrogens is 365 g/mol. The van der Waals surface area contributed by atoms with Crippen LogP contribution in [-0.4, -0.2) is 45.5 Å². The molecule has 4 rings (SSSR count). The van der Waals surface area contributed by atoms with E-state index in [0.29, 0.717) is 29.8 Å². The topological polar surface area (TPSA) is 65.5 Å². The Balaban J connectivity index is 1.80. The standard InChI is InChI=1S/C20H20FN3O2S/c1-11-9-24(10-12(2)23-11)20(26)17-6-13(5-14-8-22-27-19(14)17)16-4-3-15(25)7-18(16)21/h3-8,11-12,23,25H,9-10H2,1-2H3/t11-,12-/m0/s1. The van der Waals surface area contributed by atoms with Gasteiger partial charge in [0.1, 0.15) is 11.6 Å². The summed E-state index contributed by atoms with van der Waals surface area (Å²) in [6, 6.07) is 8.03. The minimum absolute atomic E-state index is 0.0644. The number of halogens is 1. The quantitative estimate of drug-likeness (QED) is 0.707. The van der Waals surface area contributed by atoms with Crippen molar-refractivity contribution in [3.8, 4) is 16.9 Å². The van der Waals surface area contributed by atoms with E-state index in [1.807, 2.05) is 11.0 Å². The molecule has 3 aromatic rings. The minimum atomic E-state index is -0.527. The molecule has 2 heterocycles. The molecule has 0 saturated carbocycles. The number of hydrogen-bond donors (Lipinski definition) is 2. The molecule has 1 fully saturated rings. The second kappa shape index (κ2) is 6.90. The van der Waals surface area contributed by atoms with Crippen molar-refractivity contribution in [3.05, 3.63) is 47.9 Å². The van der Waals surface area contributed by atoms with Crippen molar-refractivity contribution in [2.24, 2.45) is 0 Å². The van der Waals surface area contributed by atoms with Crippen LogP contribution in [-0.2, 0) is 0 Å². The van der Waals surface area contributed by atoms with Crippen molar-refractivity contribution >= 4 is 27.5 Å². The minimum Gasteiger partial charge on any atom is -0.508 e. The van der Waals surface area contributed by atoms with Crippen molar-refractivity contribution in [2.45, 2.75) is 25.9 Å². The Kier molecular flexibility index (Phi) is 4.57. The Morgan fingerprint density at radius 3 is 2.70 bits per heavy atom. The number of nitrogens with one attached hydrogen (secondary N) is 1. The van der Waals surface area contributed by atoms with Crippen LogP contribution in [0.2, 0.25) is 0 Å². The van der Waals surface area contributed by atoms with Crippen molar-refractivity contribution in [3.63, 3.8) is 0 Å². The van der Waals surface area contributed by atoms with Crippen LogP contribution < -0.4 is 5.32 Å².